The van der Waals surface area contributed by atoms with Gasteiger partial charge < -0.3 is 5.32 Å². The first-order valence-electron chi connectivity index (χ1n) is 7.31. The number of H-pyrrole nitrogens is 1. The predicted octanol–water partition coefficient (Wildman–Crippen LogP) is 1.84. The van der Waals surface area contributed by atoms with Crippen molar-refractivity contribution in [2.24, 2.45) is 0 Å². The van der Waals surface area contributed by atoms with Gasteiger partial charge in [-0.3, -0.25) is 14.9 Å². The van der Waals surface area contributed by atoms with Gasteiger partial charge in [0, 0.05) is 5.56 Å². The maximum absolute atomic E-state index is 12.1. The number of nitrogens with one attached hydrogen (secondary N) is 3. The number of anilines is 1. The van der Waals surface area contributed by atoms with Gasteiger partial charge in [0.05, 0.1) is 6.54 Å². The Labute approximate surface area is 138 Å². The minimum Gasteiger partial charge on any atom is -0.343 e. The fourth-order valence-corrected chi connectivity index (χ4v) is 2.15. The topological polar surface area (TPSA) is 99.8 Å². The molecular formula is C17H15N5O2. The summed E-state index contributed by atoms with van der Waals surface area (Å²) < 4.78 is 0. The number of nitrogens with zero attached hydrogens (tertiary/aromatic N) is 2. The average Bonchev–Trinajstić information content (AvgIpc) is 3.13. The first kappa shape index (κ1) is 15.4. The van der Waals surface area contributed by atoms with Crippen LogP contribution >= 0.6 is 0 Å². The smallest absolute Gasteiger partial charge is 0.251 e. The van der Waals surface area contributed by atoms with Crippen LogP contribution in [0.2, 0.25) is 0 Å². The van der Waals surface area contributed by atoms with E-state index in [1.165, 1.54) is 6.33 Å². The van der Waals surface area contributed by atoms with Crippen molar-refractivity contribution in [3.8, 4) is 11.1 Å². The number of hydrogen-bond acceptors (Lipinski definition) is 4. The van der Waals surface area contributed by atoms with Crippen LogP contribution in [0.3, 0.4) is 0 Å². The molecule has 1 heterocycles. The van der Waals surface area contributed by atoms with Gasteiger partial charge in [0.25, 0.3) is 5.91 Å². The molecule has 1 aromatic heterocycles. The number of carbonyl (C=O) groups excluding carboxylic acids is 2. The van der Waals surface area contributed by atoms with E-state index in [-0.39, 0.29) is 24.3 Å². The second-order valence-electron chi connectivity index (χ2n) is 5.01. The molecule has 0 spiro atoms. The summed E-state index contributed by atoms with van der Waals surface area (Å²) in [4.78, 5) is 27.5. The molecule has 7 heteroatoms. The molecule has 120 valence electrons. The van der Waals surface area contributed by atoms with Gasteiger partial charge >= 0.3 is 0 Å². The highest BCUT2D eigenvalue weighted by atomic mass is 16.2. The highest BCUT2D eigenvalue weighted by molar-refractivity contribution is 5.99. The maximum atomic E-state index is 12.1. The number of hydrogen-bond donors (Lipinski definition) is 3. The van der Waals surface area contributed by atoms with Gasteiger partial charge in [-0.15, -0.1) is 0 Å². The van der Waals surface area contributed by atoms with Crippen LogP contribution in [0.5, 0.6) is 0 Å². The van der Waals surface area contributed by atoms with Crippen molar-refractivity contribution in [3.63, 3.8) is 0 Å². The Bertz CT molecular complexity index is 814. The number of amides is 2. The molecule has 0 fully saturated rings. The second-order valence-corrected chi connectivity index (χ2v) is 5.01. The zero-order valence-electron chi connectivity index (χ0n) is 12.7. The molecular weight excluding hydrogens is 306 g/mol. The van der Waals surface area contributed by atoms with Crippen LogP contribution in [-0.4, -0.2) is 33.5 Å². The van der Waals surface area contributed by atoms with Crippen molar-refractivity contribution in [1.29, 1.82) is 0 Å². The Balaban J connectivity index is 1.56. The summed E-state index contributed by atoms with van der Waals surface area (Å²) in [5, 5.41) is 11.2. The third-order valence-corrected chi connectivity index (χ3v) is 3.34. The van der Waals surface area contributed by atoms with Crippen LogP contribution in [0.1, 0.15) is 10.4 Å². The summed E-state index contributed by atoms with van der Waals surface area (Å²) in [6, 6.07) is 17.1. The number of rotatable bonds is 5. The van der Waals surface area contributed by atoms with E-state index in [2.05, 4.69) is 25.8 Å². The largest absolute Gasteiger partial charge is 0.343 e. The Morgan fingerprint density at radius 2 is 1.67 bits per heavy atom. The number of benzene rings is 2. The van der Waals surface area contributed by atoms with Crippen LogP contribution in [0.4, 0.5) is 5.95 Å². The molecule has 3 aromatic rings. The van der Waals surface area contributed by atoms with Crippen molar-refractivity contribution in [1.82, 2.24) is 20.5 Å². The summed E-state index contributed by atoms with van der Waals surface area (Å²) in [6.07, 6.45) is 1.28. The molecule has 0 aliphatic carbocycles. The Kier molecular flexibility index (Phi) is 4.62. The third-order valence-electron chi connectivity index (χ3n) is 3.34. The van der Waals surface area contributed by atoms with E-state index >= 15 is 0 Å². The van der Waals surface area contributed by atoms with Gasteiger partial charge in [-0.25, -0.2) is 5.10 Å². The van der Waals surface area contributed by atoms with Crippen LogP contribution in [0, 0.1) is 0 Å². The SMILES string of the molecule is O=C(CNC(=O)c1ccc(-c2ccccc2)cc1)Nc1ncn[nH]1. The van der Waals surface area contributed by atoms with Crippen molar-refractivity contribution in [2.45, 2.75) is 0 Å². The van der Waals surface area contributed by atoms with Crippen molar-refractivity contribution >= 4 is 17.8 Å². The molecule has 0 radical (unpaired) electrons. The zero-order valence-corrected chi connectivity index (χ0v) is 12.7. The van der Waals surface area contributed by atoms with Gasteiger partial charge in [-0.05, 0) is 23.3 Å². The molecule has 0 aliphatic rings. The highest BCUT2D eigenvalue weighted by Crippen LogP contribution is 2.19. The van der Waals surface area contributed by atoms with Gasteiger partial charge in [0.1, 0.15) is 6.33 Å². The van der Waals surface area contributed by atoms with E-state index in [4.69, 9.17) is 0 Å². The number of aromatic nitrogens is 3. The van der Waals surface area contributed by atoms with E-state index in [0.717, 1.165) is 11.1 Å². The fraction of sp³-hybridized carbons (Fsp3) is 0.0588. The van der Waals surface area contributed by atoms with Gasteiger partial charge in [0.2, 0.25) is 11.9 Å². The molecule has 24 heavy (non-hydrogen) atoms. The quantitative estimate of drug-likeness (QED) is 0.667. The average molecular weight is 321 g/mol. The molecule has 0 saturated carbocycles. The molecule has 3 rings (SSSR count). The van der Waals surface area contributed by atoms with E-state index in [1.807, 2.05) is 42.5 Å². The fourth-order valence-electron chi connectivity index (χ4n) is 2.15. The van der Waals surface area contributed by atoms with E-state index in [9.17, 15) is 9.59 Å². The van der Waals surface area contributed by atoms with Crippen molar-refractivity contribution < 1.29 is 9.59 Å². The van der Waals surface area contributed by atoms with Crippen LogP contribution in [0.15, 0.2) is 60.9 Å². The first-order valence-corrected chi connectivity index (χ1v) is 7.31. The summed E-state index contributed by atoms with van der Waals surface area (Å²) in [7, 11) is 0. The minimum absolute atomic E-state index is 0.153. The lowest BCUT2D eigenvalue weighted by Crippen LogP contribution is -2.33. The second kappa shape index (κ2) is 7.19. The Morgan fingerprint density at radius 3 is 2.33 bits per heavy atom. The van der Waals surface area contributed by atoms with Crippen LogP contribution in [0.25, 0.3) is 11.1 Å². The monoisotopic (exact) mass is 321 g/mol. The molecule has 3 N–H and O–H groups in total. The van der Waals surface area contributed by atoms with Gasteiger partial charge in [-0.2, -0.15) is 10.1 Å². The lowest BCUT2D eigenvalue weighted by Gasteiger charge is -2.06. The van der Waals surface area contributed by atoms with E-state index in [1.54, 1.807) is 12.1 Å². The number of aromatic amines is 1. The molecule has 0 unspecified atom stereocenters. The van der Waals surface area contributed by atoms with Crippen molar-refractivity contribution in [2.75, 3.05) is 11.9 Å². The molecule has 0 bridgehead atoms. The molecule has 0 saturated heterocycles. The van der Waals surface area contributed by atoms with Crippen LogP contribution in [-0.2, 0) is 4.79 Å². The Hall–Kier alpha value is -3.48. The Morgan fingerprint density at radius 1 is 0.958 bits per heavy atom. The highest BCUT2D eigenvalue weighted by Gasteiger charge is 2.09. The summed E-state index contributed by atoms with van der Waals surface area (Å²) in [6.45, 7) is -0.153. The van der Waals surface area contributed by atoms with E-state index < -0.39 is 0 Å². The lowest BCUT2D eigenvalue weighted by atomic mass is 10.0. The molecule has 7 nitrogen and oxygen atoms in total. The summed E-state index contributed by atoms with van der Waals surface area (Å²) in [5.41, 5.74) is 2.59. The first-order chi connectivity index (χ1) is 11.7. The standard InChI is InChI=1S/C17H15N5O2/c23-15(21-17-19-11-20-22-17)10-18-16(24)14-8-6-13(7-9-14)12-4-2-1-3-5-12/h1-9,11H,10H2,(H,18,24)(H2,19,20,21,22,23). The minimum atomic E-state index is -0.388. The zero-order chi connectivity index (χ0) is 16.8. The predicted molar refractivity (Wildman–Crippen MR) is 89.2 cm³/mol. The molecule has 0 aliphatic heterocycles. The van der Waals surface area contributed by atoms with Crippen LogP contribution < -0.4 is 10.6 Å². The number of carbonyl (C=O) groups is 2. The maximum Gasteiger partial charge on any atom is 0.251 e. The van der Waals surface area contributed by atoms with Crippen molar-refractivity contribution in [3.05, 3.63) is 66.5 Å². The molecule has 2 amide bonds. The molecule has 2 aromatic carbocycles. The third kappa shape index (κ3) is 3.83. The summed E-state index contributed by atoms with van der Waals surface area (Å²) in [5.74, 6) is -0.468. The normalized spacial score (nSPS) is 10.2. The van der Waals surface area contributed by atoms with Gasteiger partial charge in [-0.1, -0.05) is 42.5 Å². The van der Waals surface area contributed by atoms with E-state index in [0.29, 0.717) is 5.56 Å². The summed E-state index contributed by atoms with van der Waals surface area (Å²) >= 11 is 0. The van der Waals surface area contributed by atoms with Gasteiger partial charge in [0.15, 0.2) is 0 Å². The molecule has 0 atom stereocenters. The lowest BCUT2D eigenvalue weighted by molar-refractivity contribution is -0.115.